The summed E-state index contributed by atoms with van der Waals surface area (Å²) in [5, 5.41) is 4.67. The van der Waals surface area contributed by atoms with E-state index in [0.717, 1.165) is 11.5 Å². The van der Waals surface area contributed by atoms with Crippen molar-refractivity contribution in [2.45, 2.75) is 64.3 Å². The third kappa shape index (κ3) is 2.39. The summed E-state index contributed by atoms with van der Waals surface area (Å²) in [6.45, 7) is 4.33. The van der Waals surface area contributed by atoms with Gasteiger partial charge in [0, 0.05) is 6.07 Å². The van der Waals surface area contributed by atoms with Crippen molar-refractivity contribution in [3.05, 3.63) is 11.8 Å². The van der Waals surface area contributed by atoms with Crippen molar-refractivity contribution < 1.29 is 0 Å². The average molecular weight is 221 g/mol. The summed E-state index contributed by atoms with van der Waals surface area (Å²) in [6.07, 6.45) is 7.86. The van der Waals surface area contributed by atoms with Crippen LogP contribution in [0.1, 0.15) is 70.0 Å². The fraction of sp³-hybridized carbons (Fsp3) is 0.769. The van der Waals surface area contributed by atoms with E-state index in [1.54, 1.807) is 0 Å². The molecule has 0 aliphatic heterocycles. The minimum atomic E-state index is 0.467. The number of hydrogen-bond donors (Lipinski definition) is 1. The molecule has 0 unspecified atom stereocenters. The number of nitrogen functional groups attached to an aromatic ring is 1. The fourth-order valence-electron chi connectivity index (χ4n) is 2.51. The van der Waals surface area contributed by atoms with Gasteiger partial charge in [0.2, 0.25) is 0 Å². The first-order valence-corrected chi connectivity index (χ1v) is 6.53. The molecule has 1 aliphatic rings. The van der Waals surface area contributed by atoms with Gasteiger partial charge >= 0.3 is 0 Å². The maximum atomic E-state index is 6.06. The Labute approximate surface area is 98.0 Å². The third-order valence-corrected chi connectivity index (χ3v) is 3.55. The van der Waals surface area contributed by atoms with Gasteiger partial charge in [-0.05, 0) is 18.8 Å². The Hall–Kier alpha value is -0.990. The van der Waals surface area contributed by atoms with Crippen molar-refractivity contribution in [2.75, 3.05) is 5.73 Å². The summed E-state index contributed by atoms with van der Waals surface area (Å²) in [5.41, 5.74) is 7.19. The summed E-state index contributed by atoms with van der Waals surface area (Å²) in [6, 6.07) is 2.57. The van der Waals surface area contributed by atoms with Gasteiger partial charge in [-0.25, -0.2) is 4.68 Å². The van der Waals surface area contributed by atoms with E-state index in [0.29, 0.717) is 12.0 Å². The van der Waals surface area contributed by atoms with E-state index in [1.807, 2.05) is 6.07 Å². The maximum Gasteiger partial charge on any atom is 0.122 e. The second-order valence-electron chi connectivity index (χ2n) is 5.24. The second-order valence-corrected chi connectivity index (χ2v) is 5.24. The van der Waals surface area contributed by atoms with E-state index in [1.165, 1.54) is 38.5 Å². The van der Waals surface area contributed by atoms with Crippen LogP contribution < -0.4 is 5.73 Å². The van der Waals surface area contributed by atoms with E-state index in [4.69, 9.17) is 5.73 Å². The van der Waals surface area contributed by atoms with Crippen LogP contribution in [-0.2, 0) is 0 Å². The van der Waals surface area contributed by atoms with Gasteiger partial charge in [0.1, 0.15) is 5.82 Å². The highest BCUT2D eigenvalue weighted by Crippen LogP contribution is 2.29. The summed E-state index contributed by atoms with van der Waals surface area (Å²) in [7, 11) is 0. The summed E-state index contributed by atoms with van der Waals surface area (Å²) >= 11 is 0. The van der Waals surface area contributed by atoms with E-state index in [-0.39, 0.29) is 0 Å². The Morgan fingerprint density at radius 1 is 1.25 bits per heavy atom. The Balaban J connectivity index is 2.17. The van der Waals surface area contributed by atoms with Crippen LogP contribution >= 0.6 is 0 Å². The largest absolute Gasteiger partial charge is 0.384 e. The van der Waals surface area contributed by atoms with E-state index in [9.17, 15) is 0 Å². The molecule has 0 aromatic carbocycles. The molecule has 1 aromatic rings. The highest BCUT2D eigenvalue weighted by molar-refractivity contribution is 5.32. The minimum absolute atomic E-state index is 0.467. The van der Waals surface area contributed by atoms with Crippen molar-refractivity contribution in [3.63, 3.8) is 0 Å². The van der Waals surface area contributed by atoms with Crippen LogP contribution in [0.3, 0.4) is 0 Å². The lowest BCUT2D eigenvalue weighted by Crippen LogP contribution is -2.12. The molecule has 2 N–H and O–H groups in total. The minimum Gasteiger partial charge on any atom is -0.384 e. The number of hydrogen-bond acceptors (Lipinski definition) is 2. The van der Waals surface area contributed by atoms with Gasteiger partial charge in [-0.1, -0.05) is 39.5 Å². The SMILES string of the molecule is CC(C)c1cc(N)n(C2CCCCCC2)n1. The van der Waals surface area contributed by atoms with Crippen LogP contribution in [0.25, 0.3) is 0 Å². The number of aromatic nitrogens is 2. The molecule has 90 valence electrons. The summed E-state index contributed by atoms with van der Waals surface area (Å²) in [4.78, 5) is 0. The highest BCUT2D eigenvalue weighted by atomic mass is 15.3. The predicted octanol–water partition coefficient (Wildman–Crippen LogP) is 3.48. The number of anilines is 1. The predicted molar refractivity (Wildman–Crippen MR) is 67.5 cm³/mol. The Morgan fingerprint density at radius 2 is 1.88 bits per heavy atom. The summed E-state index contributed by atoms with van der Waals surface area (Å²) in [5.74, 6) is 1.31. The zero-order valence-corrected chi connectivity index (χ0v) is 10.4. The van der Waals surface area contributed by atoms with Crippen LogP contribution in [0.15, 0.2) is 6.07 Å². The third-order valence-electron chi connectivity index (χ3n) is 3.55. The molecule has 1 saturated carbocycles. The number of rotatable bonds is 2. The summed E-state index contributed by atoms with van der Waals surface area (Å²) < 4.78 is 2.07. The monoisotopic (exact) mass is 221 g/mol. The van der Waals surface area contributed by atoms with Crippen LogP contribution in [0.5, 0.6) is 0 Å². The van der Waals surface area contributed by atoms with Crippen molar-refractivity contribution >= 4 is 5.82 Å². The van der Waals surface area contributed by atoms with Gasteiger partial charge in [0.15, 0.2) is 0 Å². The Bertz CT molecular complexity index is 333. The number of nitrogens with two attached hydrogens (primary N) is 1. The van der Waals surface area contributed by atoms with Crippen molar-refractivity contribution in [2.24, 2.45) is 0 Å². The smallest absolute Gasteiger partial charge is 0.122 e. The molecule has 3 nitrogen and oxygen atoms in total. The van der Waals surface area contributed by atoms with Crippen LogP contribution in [-0.4, -0.2) is 9.78 Å². The molecule has 2 rings (SSSR count). The Kier molecular flexibility index (Phi) is 3.52. The highest BCUT2D eigenvalue weighted by Gasteiger charge is 2.18. The lowest BCUT2D eigenvalue weighted by molar-refractivity contribution is 0.407. The fourth-order valence-corrected chi connectivity index (χ4v) is 2.51. The zero-order chi connectivity index (χ0) is 11.5. The number of nitrogens with zero attached hydrogens (tertiary/aromatic N) is 2. The molecular weight excluding hydrogens is 198 g/mol. The van der Waals surface area contributed by atoms with Gasteiger partial charge in [-0.15, -0.1) is 0 Å². The maximum absolute atomic E-state index is 6.06. The average Bonchev–Trinajstić information content (AvgIpc) is 2.50. The van der Waals surface area contributed by atoms with Crippen molar-refractivity contribution in [1.82, 2.24) is 9.78 Å². The molecule has 0 spiro atoms. The molecule has 1 fully saturated rings. The Morgan fingerprint density at radius 3 is 2.38 bits per heavy atom. The molecular formula is C13H23N3. The van der Waals surface area contributed by atoms with Gasteiger partial charge in [-0.2, -0.15) is 5.10 Å². The van der Waals surface area contributed by atoms with Crippen molar-refractivity contribution in [3.8, 4) is 0 Å². The lowest BCUT2D eigenvalue weighted by Gasteiger charge is -2.16. The molecule has 0 radical (unpaired) electrons. The lowest BCUT2D eigenvalue weighted by atomic mass is 10.1. The molecule has 16 heavy (non-hydrogen) atoms. The molecule has 0 amide bonds. The van der Waals surface area contributed by atoms with Crippen LogP contribution in [0.4, 0.5) is 5.82 Å². The van der Waals surface area contributed by atoms with Gasteiger partial charge < -0.3 is 5.73 Å². The molecule has 0 saturated heterocycles. The normalized spacial score (nSPS) is 18.9. The van der Waals surface area contributed by atoms with E-state index < -0.39 is 0 Å². The second kappa shape index (κ2) is 4.89. The molecule has 0 atom stereocenters. The van der Waals surface area contributed by atoms with Gasteiger partial charge in [0.05, 0.1) is 11.7 Å². The molecule has 3 heteroatoms. The first kappa shape index (κ1) is 11.5. The zero-order valence-electron chi connectivity index (χ0n) is 10.4. The van der Waals surface area contributed by atoms with Crippen LogP contribution in [0, 0.1) is 0 Å². The van der Waals surface area contributed by atoms with Crippen molar-refractivity contribution in [1.29, 1.82) is 0 Å². The topological polar surface area (TPSA) is 43.8 Å². The first-order chi connectivity index (χ1) is 7.68. The molecule has 0 bridgehead atoms. The van der Waals surface area contributed by atoms with E-state index >= 15 is 0 Å². The van der Waals surface area contributed by atoms with Gasteiger partial charge in [-0.3, -0.25) is 0 Å². The quantitative estimate of drug-likeness (QED) is 0.777. The van der Waals surface area contributed by atoms with E-state index in [2.05, 4.69) is 23.6 Å². The standard InChI is InChI=1S/C13H23N3/c1-10(2)12-9-13(14)16(15-12)11-7-5-3-4-6-8-11/h9-11H,3-8,14H2,1-2H3. The van der Waals surface area contributed by atoms with Crippen LogP contribution in [0.2, 0.25) is 0 Å². The first-order valence-electron chi connectivity index (χ1n) is 6.53. The molecule has 1 aliphatic carbocycles. The molecule has 1 heterocycles. The van der Waals surface area contributed by atoms with Gasteiger partial charge in [0.25, 0.3) is 0 Å². The molecule has 1 aromatic heterocycles.